The molecule has 0 N–H and O–H groups in total. The lowest BCUT2D eigenvalue weighted by atomic mass is 10.3. The third-order valence-electron chi connectivity index (χ3n) is 1.30. The van der Waals surface area contributed by atoms with E-state index in [0.29, 0.717) is 5.00 Å². The summed E-state index contributed by atoms with van der Waals surface area (Å²) in [5, 5.41) is 17.9. The molecule has 1 heterocycles. The van der Waals surface area contributed by atoms with Crippen molar-refractivity contribution in [2.75, 3.05) is 14.1 Å². The summed E-state index contributed by atoms with van der Waals surface area (Å²) < 4.78 is 3.81. The lowest BCUT2D eigenvalue weighted by Gasteiger charge is -2.00. The van der Waals surface area contributed by atoms with E-state index in [0.717, 1.165) is 11.5 Å². The lowest BCUT2D eigenvalue weighted by Crippen LogP contribution is -2.06. The predicted molar refractivity (Wildman–Crippen MR) is 53.4 cm³/mol. The molecule has 5 nitrogen and oxygen atoms in total. The van der Waals surface area contributed by atoms with Crippen LogP contribution in [0, 0.1) is 22.7 Å². The fraction of sp³-hybridized carbons (Fsp3) is 0.250. The van der Waals surface area contributed by atoms with Crippen molar-refractivity contribution in [1.82, 2.24) is 9.27 Å². The highest BCUT2D eigenvalue weighted by Crippen LogP contribution is 2.26. The van der Waals surface area contributed by atoms with Crippen LogP contribution >= 0.6 is 11.5 Å². The largest absolute Gasteiger partial charge is 0.369 e. The van der Waals surface area contributed by atoms with E-state index in [-0.39, 0.29) is 11.3 Å². The number of aromatic nitrogens is 1. The van der Waals surface area contributed by atoms with Crippen molar-refractivity contribution < 1.29 is 0 Å². The Labute approximate surface area is 85.7 Å². The smallest absolute Gasteiger partial charge is 0.174 e. The van der Waals surface area contributed by atoms with E-state index in [9.17, 15) is 0 Å². The quantitative estimate of drug-likeness (QED) is 0.535. The van der Waals surface area contributed by atoms with Gasteiger partial charge in [-0.05, 0) is 11.5 Å². The van der Waals surface area contributed by atoms with Crippen molar-refractivity contribution in [3.63, 3.8) is 0 Å². The summed E-state index contributed by atoms with van der Waals surface area (Å²) in [6.45, 7) is 0. The van der Waals surface area contributed by atoms with Crippen molar-refractivity contribution in [2.45, 2.75) is 0 Å². The van der Waals surface area contributed by atoms with Crippen molar-refractivity contribution in [3.8, 4) is 12.1 Å². The molecule has 0 bridgehead atoms. The normalized spacial score (nSPS) is 9.71. The molecule has 0 spiro atoms. The second kappa shape index (κ2) is 4.35. The van der Waals surface area contributed by atoms with Crippen LogP contribution in [0.4, 0.5) is 5.00 Å². The van der Waals surface area contributed by atoms with Gasteiger partial charge in [0, 0.05) is 14.1 Å². The zero-order valence-electron chi connectivity index (χ0n) is 7.72. The Balaban J connectivity index is 3.07. The Morgan fingerprint density at radius 2 is 2.14 bits per heavy atom. The molecule has 70 valence electrons. The summed E-state index contributed by atoms with van der Waals surface area (Å²) in [4.78, 5) is 5.77. The Kier molecular flexibility index (Phi) is 3.16. The number of hydrogen-bond acceptors (Lipinski definition) is 5. The molecule has 0 amide bonds. The van der Waals surface area contributed by atoms with Gasteiger partial charge in [0.1, 0.15) is 17.7 Å². The van der Waals surface area contributed by atoms with Gasteiger partial charge >= 0.3 is 0 Å². The minimum Gasteiger partial charge on any atom is -0.369 e. The first kappa shape index (κ1) is 10.2. The molecule has 0 saturated carbocycles. The van der Waals surface area contributed by atoms with Crippen molar-refractivity contribution >= 4 is 22.9 Å². The first-order valence-electron chi connectivity index (χ1n) is 3.69. The van der Waals surface area contributed by atoms with Gasteiger partial charge in [0.05, 0.1) is 6.34 Å². The number of rotatable bonds is 2. The van der Waals surface area contributed by atoms with Crippen LogP contribution in [0.1, 0.15) is 11.3 Å². The van der Waals surface area contributed by atoms with E-state index >= 15 is 0 Å². The molecule has 1 aromatic rings. The highest BCUT2D eigenvalue weighted by Gasteiger charge is 2.11. The summed E-state index contributed by atoms with van der Waals surface area (Å²) in [5.41, 5.74) is 0.388. The van der Waals surface area contributed by atoms with Gasteiger partial charge in [0.15, 0.2) is 10.7 Å². The van der Waals surface area contributed by atoms with E-state index < -0.39 is 0 Å². The van der Waals surface area contributed by atoms with Crippen LogP contribution in [0.2, 0.25) is 0 Å². The molecule has 0 atom stereocenters. The molecule has 0 aliphatic carbocycles. The fourth-order valence-electron chi connectivity index (χ4n) is 0.715. The first-order chi connectivity index (χ1) is 6.69. The molecule has 0 fully saturated rings. The minimum atomic E-state index is 0.142. The van der Waals surface area contributed by atoms with Crippen LogP contribution in [0.25, 0.3) is 0 Å². The molecule has 0 aromatic carbocycles. The van der Waals surface area contributed by atoms with Crippen molar-refractivity contribution in [1.29, 1.82) is 10.5 Å². The van der Waals surface area contributed by atoms with Gasteiger partial charge in [-0.2, -0.15) is 14.9 Å². The van der Waals surface area contributed by atoms with Gasteiger partial charge < -0.3 is 4.90 Å². The summed E-state index contributed by atoms with van der Waals surface area (Å²) in [6.07, 6.45) is 1.56. The number of nitrogens with zero attached hydrogens (tertiary/aromatic N) is 5. The highest BCUT2D eigenvalue weighted by molar-refractivity contribution is 7.10. The fourth-order valence-corrected chi connectivity index (χ4v) is 1.35. The average Bonchev–Trinajstić information content (AvgIpc) is 2.56. The average molecular weight is 205 g/mol. The van der Waals surface area contributed by atoms with Crippen LogP contribution in [0.15, 0.2) is 4.99 Å². The molecule has 0 aliphatic heterocycles. The molecule has 0 aliphatic rings. The molecule has 1 aromatic heterocycles. The minimum absolute atomic E-state index is 0.142. The van der Waals surface area contributed by atoms with E-state index in [2.05, 4.69) is 9.37 Å². The topological polar surface area (TPSA) is 76.1 Å². The monoisotopic (exact) mass is 205 g/mol. The van der Waals surface area contributed by atoms with Crippen molar-refractivity contribution in [2.24, 2.45) is 4.99 Å². The summed E-state index contributed by atoms with van der Waals surface area (Å²) in [5.74, 6) is 0. The lowest BCUT2D eigenvalue weighted by molar-refractivity contribution is 0.643. The van der Waals surface area contributed by atoms with Crippen LogP contribution in [-0.2, 0) is 0 Å². The Morgan fingerprint density at radius 1 is 1.43 bits per heavy atom. The second-order valence-electron chi connectivity index (χ2n) is 2.64. The zero-order valence-corrected chi connectivity index (χ0v) is 8.54. The standard InChI is InChI=1S/C8H7N5S/c1-13(2)5-11-8-6(3-9)7(4-10)12-14-8/h5H,1-2H3/b11-5+. The predicted octanol–water partition coefficient (Wildman–Crippen LogP) is 1.11. The molecule has 0 radical (unpaired) electrons. The van der Waals surface area contributed by atoms with Crippen LogP contribution in [-0.4, -0.2) is 29.7 Å². The van der Waals surface area contributed by atoms with E-state index in [1.54, 1.807) is 11.2 Å². The number of hydrogen-bond donors (Lipinski definition) is 0. The van der Waals surface area contributed by atoms with Crippen LogP contribution in [0.5, 0.6) is 0 Å². The third kappa shape index (κ3) is 2.06. The summed E-state index contributed by atoms with van der Waals surface area (Å²) in [6, 6.07) is 3.76. The van der Waals surface area contributed by atoms with Gasteiger partial charge in [-0.25, -0.2) is 4.99 Å². The molecule has 1 rings (SSSR count). The highest BCUT2D eigenvalue weighted by atomic mass is 32.1. The van der Waals surface area contributed by atoms with E-state index in [1.165, 1.54) is 0 Å². The molecule has 14 heavy (non-hydrogen) atoms. The van der Waals surface area contributed by atoms with Crippen LogP contribution in [0.3, 0.4) is 0 Å². The maximum absolute atomic E-state index is 8.76. The number of nitriles is 2. The van der Waals surface area contributed by atoms with Gasteiger partial charge in [-0.15, -0.1) is 0 Å². The van der Waals surface area contributed by atoms with Crippen molar-refractivity contribution in [3.05, 3.63) is 11.3 Å². The SMILES string of the molecule is CN(C)/C=N/c1snc(C#N)c1C#N. The zero-order chi connectivity index (χ0) is 10.6. The van der Waals surface area contributed by atoms with Gasteiger partial charge in [0.25, 0.3) is 0 Å². The van der Waals surface area contributed by atoms with E-state index in [1.807, 2.05) is 26.2 Å². The van der Waals surface area contributed by atoms with Gasteiger partial charge in [-0.3, -0.25) is 0 Å². The first-order valence-corrected chi connectivity index (χ1v) is 4.47. The van der Waals surface area contributed by atoms with Gasteiger partial charge in [0.2, 0.25) is 0 Å². The Hall–Kier alpha value is -1.92. The molecule has 0 saturated heterocycles. The molecular formula is C8H7N5S. The molecule has 6 heteroatoms. The molecule has 0 unspecified atom stereocenters. The Bertz CT molecular complexity index is 432. The van der Waals surface area contributed by atoms with Crippen LogP contribution < -0.4 is 0 Å². The second-order valence-corrected chi connectivity index (χ2v) is 3.39. The summed E-state index contributed by atoms with van der Waals surface area (Å²) in [7, 11) is 3.64. The summed E-state index contributed by atoms with van der Waals surface area (Å²) >= 11 is 1.05. The number of aliphatic imine (C=N–C) groups is 1. The maximum Gasteiger partial charge on any atom is 0.174 e. The Morgan fingerprint density at radius 3 is 2.64 bits per heavy atom. The maximum atomic E-state index is 8.76. The van der Waals surface area contributed by atoms with Gasteiger partial charge in [-0.1, -0.05) is 0 Å². The molecular weight excluding hydrogens is 198 g/mol. The third-order valence-corrected chi connectivity index (χ3v) is 2.05. The van der Waals surface area contributed by atoms with E-state index in [4.69, 9.17) is 10.5 Å².